The van der Waals surface area contributed by atoms with Gasteiger partial charge in [-0.1, -0.05) is 41.9 Å². The Morgan fingerprint density at radius 2 is 1.80 bits per heavy atom. The van der Waals surface area contributed by atoms with Crippen LogP contribution in [0.2, 0.25) is 5.02 Å². The molecule has 3 aromatic heterocycles. The van der Waals surface area contributed by atoms with Crippen molar-refractivity contribution in [2.24, 2.45) is 5.92 Å². The van der Waals surface area contributed by atoms with Crippen LogP contribution in [0.5, 0.6) is 0 Å². The molecule has 51 heavy (non-hydrogen) atoms. The molecule has 6 heterocycles. The van der Waals surface area contributed by atoms with Crippen LogP contribution in [0.4, 0.5) is 11.5 Å². The van der Waals surface area contributed by atoms with Crippen LogP contribution in [-0.2, 0) is 29.2 Å². The molecule has 5 aromatic rings. The number of rotatable bonds is 9. The van der Waals surface area contributed by atoms with Crippen LogP contribution in [-0.4, -0.2) is 90.6 Å². The standard InChI is InChI=1S/C38H38ClN7O4S/c1-22-27(4-2-5-28(22)37-43-31-19-46(20-32(31)51-37)33(48)21-45-13-10-26(47)18-45)29-6-3-7-30(34(29)39)42-36-35-24(8-11-40-36)14-23(15-41-35)16-44-12-9-25(17-44)38(49)50/h2-8,11,14-15,25-26,47H,9-10,12-13,16-21H2,1H3,(H,40,42)(H,49,50). The van der Waals surface area contributed by atoms with E-state index in [1.165, 1.54) is 0 Å². The van der Waals surface area contributed by atoms with Gasteiger partial charge in [0.25, 0.3) is 0 Å². The first-order valence-electron chi connectivity index (χ1n) is 17.2. The van der Waals surface area contributed by atoms with Crippen molar-refractivity contribution < 1.29 is 19.8 Å². The summed E-state index contributed by atoms with van der Waals surface area (Å²) < 4.78 is 0. The number of β-amino-alcohol motifs (C(OH)–C–C–N with tert-alkyl or cyclic N) is 1. The van der Waals surface area contributed by atoms with E-state index < -0.39 is 5.97 Å². The Kier molecular flexibility index (Phi) is 9.20. The smallest absolute Gasteiger partial charge is 0.307 e. The fraction of sp³-hybridized carbons (Fsp3) is 0.342. The molecule has 0 spiro atoms. The van der Waals surface area contributed by atoms with Crippen LogP contribution in [0.25, 0.3) is 32.6 Å². The number of likely N-dealkylation sites (tertiary alicyclic amines) is 2. The fourth-order valence-electron chi connectivity index (χ4n) is 7.42. The number of anilines is 2. The number of aliphatic carboxylic acids is 1. The number of nitrogens with zero attached hydrogens (tertiary/aromatic N) is 6. The van der Waals surface area contributed by atoms with Gasteiger partial charge in [-0.15, -0.1) is 11.3 Å². The molecule has 2 saturated heterocycles. The molecule has 0 saturated carbocycles. The van der Waals surface area contributed by atoms with E-state index in [-0.39, 0.29) is 17.9 Å². The van der Waals surface area contributed by atoms with Crippen molar-refractivity contribution in [3.8, 4) is 21.7 Å². The predicted octanol–water partition coefficient (Wildman–Crippen LogP) is 5.94. The van der Waals surface area contributed by atoms with Crippen molar-refractivity contribution in [3.63, 3.8) is 0 Å². The van der Waals surface area contributed by atoms with Gasteiger partial charge >= 0.3 is 5.97 Å². The Hall–Kier alpha value is -4.46. The zero-order valence-electron chi connectivity index (χ0n) is 28.2. The zero-order chi connectivity index (χ0) is 35.2. The number of carbonyl (C=O) groups is 2. The average molecular weight is 724 g/mol. The second-order valence-corrected chi connectivity index (χ2v) is 15.2. The van der Waals surface area contributed by atoms with Gasteiger partial charge in [0.2, 0.25) is 5.91 Å². The molecular weight excluding hydrogens is 686 g/mol. The van der Waals surface area contributed by atoms with Gasteiger partial charge in [-0.25, -0.2) is 9.97 Å². The number of carbonyl (C=O) groups excluding carboxylic acids is 1. The third-order valence-corrected chi connectivity index (χ3v) is 11.7. The first kappa shape index (κ1) is 33.7. The number of thiazole rings is 1. The molecule has 2 aromatic carbocycles. The molecule has 8 rings (SSSR count). The number of hydrogen-bond donors (Lipinski definition) is 3. The summed E-state index contributed by atoms with van der Waals surface area (Å²) >= 11 is 8.75. The summed E-state index contributed by atoms with van der Waals surface area (Å²) in [4.78, 5) is 45.8. The number of carboxylic acid groups (broad SMARTS) is 1. The Balaban J connectivity index is 0.990. The van der Waals surface area contributed by atoms with Gasteiger partial charge in [0.1, 0.15) is 10.5 Å². The van der Waals surface area contributed by atoms with E-state index in [0.29, 0.717) is 62.2 Å². The van der Waals surface area contributed by atoms with E-state index >= 15 is 0 Å². The number of aromatic nitrogens is 3. The number of fused-ring (bicyclic) bond motifs is 2. The van der Waals surface area contributed by atoms with Crippen molar-refractivity contribution in [2.45, 2.75) is 45.5 Å². The topological polar surface area (TPSA) is 135 Å². The maximum absolute atomic E-state index is 13.0. The molecule has 262 valence electrons. The molecule has 0 aliphatic carbocycles. The van der Waals surface area contributed by atoms with Gasteiger partial charge in [0.05, 0.1) is 48.1 Å². The van der Waals surface area contributed by atoms with Crippen molar-refractivity contribution in [1.82, 2.24) is 29.7 Å². The Labute approximate surface area is 304 Å². The van der Waals surface area contributed by atoms with Crippen LogP contribution >= 0.6 is 22.9 Å². The monoisotopic (exact) mass is 723 g/mol. The van der Waals surface area contributed by atoms with Gasteiger partial charge in [-0.2, -0.15) is 0 Å². The maximum Gasteiger partial charge on any atom is 0.307 e. The molecule has 2 unspecified atom stereocenters. The molecule has 3 N–H and O–H groups in total. The molecule has 3 aliphatic rings. The lowest BCUT2D eigenvalue weighted by molar-refractivity contribution is -0.141. The normalized spacial score (nSPS) is 19.2. The molecule has 3 aliphatic heterocycles. The largest absolute Gasteiger partial charge is 0.481 e. The number of pyridine rings is 2. The quantitative estimate of drug-likeness (QED) is 0.168. The minimum atomic E-state index is -0.733. The number of carboxylic acids is 1. The van der Waals surface area contributed by atoms with E-state index in [2.05, 4.69) is 40.3 Å². The van der Waals surface area contributed by atoms with Gasteiger partial charge in [-0.3, -0.25) is 24.4 Å². The maximum atomic E-state index is 13.0. The minimum Gasteiger partial charge on any atom is -0.481 e. The Morgan fingerprint density at radius 1 is 1.00 bits per heavy atom. The highest BCUT2D eigenvalue weighted by molar-refractivity contribution is 7.15. The molecule has 13 heteroatoms. The number of benzene rings is 2. The highest BCUT2D eigenvalue weighted by Crippen LogP contribution is 2.41. The Morgan fingerprint density at radius 3 is 2.59 bits per heavy atom. The van der Waals surface area contributed by atoms with E-state index in [4.69, 9.17) is 21.6 Å². The summed E-state index contributed by atoms with van der Waals surface area (Å²) in [7, 11) is 0. The molecule has 0 bridgehead atoms. The van der Waals surface area contributed by atoms with E-state index in [0.717, 1.165) is 73.8 Å². The lowest BCUT2D eigenvalue weighted by Crippen LogP contribution is -2.37. The molecule has 11 nitrogen and oxygen atoms in total. The lowest BCUT2D eigenvalue weighted by atomic mass is 9.96. The van der Waals surface area contributed by atoms with Crippen LogP contribution in [0, 0.1) is 12.8 Å². The molecule has 1 amide bonds. The third-order valence-electron chi connectivity index (χ3n) is 10.2. The number of aliphatic hydroxyl groups excluding tert-OH is 1. The highest BCUT2D eigenvalue weighted by atomic mass is 35.5. The molecule has 2 fully saturated rings. The number of amides is 1. The summed E-state index contributed by atoms with van der Waals surface area (Å²) in [5.74, 6) is -0.377. The van der Waals surface area contributed by atoms with Gasteiger partial charge in [0, 0.05) is 60.0 Å². The summed E-state index contributed by atoms with van der Waals surface area (Å²) in [5, 5.41) is 25.0. The van der Waals surface area contributed by atoms with Crippen LogP contribution < -0.4 is 5.32 Å². The highest BCUT2D eigenvalue weighted by Gasteiger charge is 2.31. The van der Waals surface area contributed by atoms with Gasteiger partial charge in [0.15, 0.2) is 5.82 Å². The number of halogens is 1. The SMILES string of the molecule is Cc1c(-c2nc3c(s2)CN(C(=O)CN2CCC(O)C2)C3)cccc1-c1cccc(Nc2nccc3cc(CN4CCC(C(=O)O)C4)cnc23)c1Cl. The molecular formula is C38H38ClN7O4S. The van der Waals surface area contributed by atoms with E-state index in [1.54, 1.807) is 17.5 Å². The van der Waals surface area contributed by atoms with Crippen molar-refractivity contribution in [2.75, 3.05) is 38.0 Å². The van der Waals surface area contributed by atoms with Crippen molar-refractivity contribution >= 4 is 57.2 Å². The van der Waals surface area contributed by atoms with Crippen molar-refractivity contribution in [3.05, 3.63) is 87.6 Å². The fourth-order valence-corrected chi connectivity index (χ4v) is 8.87. The van der Waals surface area contributed by atoms with Crippen molar-refractivity contribution in [1.29, 1.82) is 0 Å². The first-order chi connectivity index (χ1) is 24.7. The van der Waals surface area contributed by atoms with Crippen LogP contribution in [0.1, 0.15) is 34.5 Å². The second-order valence-electron chi connectivity index (χ2n) is 13.7. The first-order valence-corrected chi connectivity index (χ1v) is 18.4. The van der Waals surface area contributed by atoms with Crippen LogP contribution in [0.3, 0.4) is 0 Å². The second kappa shape index (κ2) is 13.9. The Bertz CT molecular complexity index is 2140. The van der Waals surface area contributed by atoms with E-state index in [1.807, 2.05) is 46.3 Å². The van der Waals surface area contributed by atoms with Gasteiger partial charge < -0.3 is 20.4 Å². The molecule has 2 atom stereocenters. The van der Waals surface area contributed by atoms with Crippen LogP contribution in [0.15, 0.2) is 60.9 Å². The predicted molar refractivity (Wildman–Crippen MR) is 198 cm³/mol. The summed E-state index contributed by atoms with van der Waals surface area (Å²) in [6.07, 6.45) is 4.63. The summed E-state index contributed by atoms with van der Waals surface area (Å²) in [6, 6.07) is 16.1. The summed E-state index contributed by atoms with van der Waals surface area (Å²) in [5.41, 5.74) is 7.39. The lowest BCUT2D eigenvalue weighted by Gasteiger charge is -2.20. The molecule has 0 radical (unpaired) electrons. The minimum absolute atomic E-state index is 0.0751. The average Bonchev–Trinajstić information content (AvgIpc) is 3.91. The zero-order valence-corrected chi connectivity index (χ0v) is 29.8. The van der Waals surface area contributed by atoms with E-state index in [9.17, 15) is 19.8 Å². The summed E-state index contributed by atoms with van der Waals surface area (Å²) in [6.45, 7) is 6.75. The number of aliphatic hydroxyl groups is 1. The van der Waals surface area contributed by atoms with Gasteiger partial charge in [-0.05, 0) is 61.2 Å². The number of hydrogen-bond acceptors (Lipinski definition) is 10. The third kappa shape index (κ3) is 6.82. The number of nitrogens with one attached hydrogen (secondary N) is 1.